The molecule has 2 heterocycles. The Bertz CT molecular complexity index is 1120. The topological polar surface area (TPSA) is 64.1 Å². The van der Waals surface area contributed by atoms with Gasteiger partial charge in [0.15, 0.2) is 5.82 Å². The van der Waals surface area contributed by atoms with Gasteiger partial charge in [0.25, 0.3) is 0 Å². The third-order valence-electron chi connectivity index (χ3n) is 6.26. The Morgan fingerprint density at radius 3 is 2.58 bits per heavy atom. The predicted molar refractivity (Wildman–Crippen MR) is 116 cm³/mol. The largest absolute Gasteiger partial charge is 0.487 e. The number of aromatic nitrogens is 2. The van der Waals surface area contributed by atoms with E-state index in [4.69, 9.17) is 16.3 Å². The zero-order valence-corrected chi connectivity index (χ0v) is 17.5. The van der Waals surface area contributed by atoms with Crippen molar-refractivity contribution in [1.82, 2.24) is 15.3 Å². The summed E-state index contributed by atoms with van der Waals surface area (Å²) in [7, 11) is 0. The molecule has 1 aliphatic carbocycles. The van der Waals surface area contributed by atoms with E-state index in [1.807, 2.05) is 24.3 Å². The fraction of sp³-hybridized carbons (Fsp3) is 0.292. The van der Waals surface area contributed by atoms with Crippen LogP contribution in [0, 0.1) is 5.82 Å². The first-order chi connectivity index (χ1) is 15.1. The van der Waals surface area contributed by atoms with Crippen molar-refractivity contribution < 1.29 is 13.9 Å². The minimum atomic E-state index is -0.523. The highest BCUT2D eigenvalue weighted by Crippen LogP contribution is 2.44. The van der Waals surface area contributed by atoms with Gasteiger partial charge in [-0.3, -0.25) is 4.79 Å². The molecule has 5 rings (SSSR count). The summed E-state index contributed by atoms with van der Waals surface area (Å²) in [6.07, 6.45) is 5.93. The molecule has 2 aliphatic rings. The second-order valence-electron chi connectivity index (χ2n) is 8.07. The number of ether oxygens (including phenoxy) is 1. The fourth-order valence-electron chi connectivity index (χ4n) is 4.41. The fourth-order valence-corrected chi connectivity index (χ4v) is 4.54. The molecule has 3 aromatic rings. The average molecular weight is 438 g/mol. The van der Waals surface area contributed by atoms with Gasteiger partial charge in [-0.15, -0.1) is 0 Å². The number of amides is 1. The second kappa shape index (κ2) is 7.93. The summed E-state index contributed by atoms with van der Waals surface area (Å²) in [4.78, 5) is 21.6. The molecule has 1 fully saturated rings. The lowest BCUT2D eigenvalue weighted by atomic mass is 9.64. The molecular weight excluding hydrogens is 417 g/mol. The lowest BCUT2D eigenvalue weighted by Crippen LogP contribution is -2.51. The van der Waals surface area contributed by atoms with E-state index < -0.39 is 5.41 Å². The Morgan fingerprint density at radius 1 is 1.16 bits per heavy atom. The van der Waals surface area contributed by atoms with Gasteiger partial charge in [0.2, 0.25) is 5.91 Å². The molecule has 0 saturated heterocycles. The summed E-state index contributed by atoms with van der Waals surface area (Å²) in [5, 5.41) is 3.69. The van der Waals surface area contributed by atoms with E-state index >= 15 is 0 Å². The summed E-state index contributed by atoms with van der Waals surface area (Å²) in [5.41, 5.74) is 1.61. The van der Waals surface area contributed by atoms with E-state index in [0.717, 1.165) is 24.8 Å². The molecule has 0 unspecified atom stereocenters. The van der Waals surface area contributed by atoms with Gasteiger partial charge in [-0.2, -0.15) is 0 Å². The van der Waals surface area contributed by atoms with Gasteiger partial charge < -0.3 is 10.1 Å². The molecule has 1 aliphatic heterocycles. The normalized spacial score (nSPS) is 18.6. The third kappa shape index (κ3) is 3.55. The van der Waals surface area contributed by atoms with Crippen molar-refractivity contribution in [1.29, 1.82) is 0 Å². The maximum absolute atomic E-state index is 14.4. The number of rotatable bonds is 5. The molecular formula is C24H21ClFN3O2. The van der Waals surface area contributed by atoms with Crippen LogP contribution in [0.5, 0.6) is 5.75 Å². The quantitative estimate of drug-likeness (QED) is 0.639. The van der Waals surface area contributed by atoms with Gasteiger partial charge in [0.1, 0.15) is 17.7 Å². The van der Waals surface area contributed by atoms with Crippen LogP contribution in [0.15, 0.2) is 54.9 Å². The highest BCUT2D eigenvalue weighted by molar-refractivity contribution is 6.30. The molecule has 5 nitrogen and oxygen atoms in total. The number of hydrogen-bond donors (Lipinski definition) is 1. The van der Waals surface area contributed by atoms with Crippen molar-refractivity contribution >= 4 is 17.5 Å². The Kier molecular flexibility index (Phi) is 5.10. The first kappa shape index (κ1) is 19.9. The van der Waals surface area contributed by atoms with Crippen LogP contribution in [0.4, 0.5) is 4.39 Å². The molecule has 1 saturated carbocycles. The van der Waals surface area contributed by atoms with Gasteiger partial charge >= 0.3 is 0 Å². The van der Waals surface area contributed by atoms with Crippen LogP contribution < -0.4 is 10.1 Å². The highest BCUT2D eigenvalue weighted by atomic mass is 35.5. The number of nitrogens with one attached hydrogen (secondary N) is 1. The predicted octanol–water partition coefficient (Wildman–Crippen LogP) is 4.48. The van der Waals surface area contributed by atoms with Crippen molar-refractivity contribution in [2.75, 3.05) is 6.54 Å². The van der Waals surface area contributed by atoms with E-state index in [0.29, 0.717) is 40.7 Å². The van der Waals surface area contributed by atoms with E-state index in [9.17, 15) is 9.18 Å². The molecule has 158 valence electrons. The van der Waals surface area contributed by atoms with Gasteiger partial charge in [-0.25, -0.2) is 14.4 Å². The highest BCUT2D eigenvalue weighted by Gasteiger charge is 2.45. The monoisotopic (exact) mass is 437 g/mol. The van der Waals surface area contributed by atoms with E-state index in [1.165, 1.54) is 6.07 Å². The minimum Gasteiger partial charge on any atom is -0.487 e. The van der Waals surface area contributed by atoms with Crippen molar-refractivity contribution in [2.45, 2.75) is 37.2 Å². The molecule has 0 radical (unpaired) electrons. The summed E-state index contributed by atoms with van der Waals surface area (Å²) >= 11 is 6.01. The second-order valence-corrected chi connectivity index (χ2v) is 8.51. The smallest absolute Gasteiger partial charge is 0.230 e. The van der Waals surface area contributed by atoms with E-state index in [-0.39, 0.29) is 17.8 Å². The van der Waals surface area contributed by atoms with Gasteiger partial charge in [-0.1, -0.05) is 30.2 Å². The standard InChI is InChI=1S/C24H21ClFN3O2/c25-16-5-3-15(4-6-16)24(9-1-10-24)23(30)29-14-17-13-19-20(26)8-7-18(21(19)31-17)22-27-11-2-12-28-22/h2-8,11-12,17H,1,9-10,13-14H2,(H,29,30)/t17-/m1/s1. The Morgan fingerprint density at radius 2 is 1.90 bits per heavy atom. The number of nitrogens with zero attached hydrogens (tertiary/aromatic N) is 2. The molecule has 1 atom stereocenters. The van der Waals surface area contributed by atoms with Crippen LogP contribution in [0.2, 0.25) is 5.02 Å². The average Bonchev–Trinajstić information content (AvgIpc) is 3.19. The first-order valence-electron chi connectivity index (χ1n) is 10.4. The van der Waals surface area contributed by atoms with Crippen LogP contribution >= 0.6 is 11.6 Å². The Hall–Kier alpha value is -2.99. The minimum absolute atomic E-state index is 0.0206. The maximum Gasteiger partial charge on any atom is 0.230 e. The van der Waals surface area contributed by atoms with E-state index in [1.54, 1.807) is 24.5 Å². The molecule has 1 amide bonds. The number of fused-ring (bicyclic) bond motifs is 1. The first-order valence-corrected chi connectivity index (χ1v) is 10.7. The van der Waals surface area contributed by atoms with Crippen molar-refractivity contribution in [3.8, 4) is 17.1 Å². The third-order valence-corrected chi connectivity index (χ3v) is 6.51. The van der Waals surface area contributed by atoms with Crippen molar-refractivity contribution in [3.05, 3.63) is 76.8 Å². The summed E-state index contributed by atoms with van der Waals surface area (Å²) in [6, 6.07) is 12.2. The Balaban J connectivity index is 1.31. The molecule has 31 heavy (non-hydrogen) atoms. The van der Waals surface area contributed by atoms with Gasteiger partial charge in [-0.05, 0) is 48.7 Å². The molecule has 1 aromatic heterocycles. The summed E-state index contributed by atoms with van der Waals surface area (Å²) < 4.78 is 20.5. The summed E-state index contributed by atoms with van der Waals surface area (Å²) in [6.45, 7) is 0.303. The summed E-state index contributed by atoms with van der Waals surface area (Å²) in [5.74, 6) is 0.606. The van der Waals surface area contributed by atoms with Crippen LogP contribution in [0.25, 0.3) is 11.4 Å². The van der Waals surface area contributed by atoms with Crippen LogP contribution in [0.3, 0.4) is 0 Å². The Labute approximate surface area is 184 Å². The molecule has 1 N–H and O–H groups in total. The zero-order valence-electron chi connectivity index (χ0n) is 16.8. The van der Waals surface area contributed by atoms with Crippen LogP contribution in [-0.4, -0.2) is 28.5 Å². The number of hydrogen-bond acceptors (Lipinski definition) is 4. The van der Waals surface area contributed by atoms with Crippen LogP contribution in [-0.2, 0) is 16.6 Å². The number of carbonyl (C=O) groups excluding carboxylic acids is 1. The van der Waals surface area contributed by atoms with Crippen LogP contribution in [0.1, 0.15) is 30.4 Å². The zero-order chi connectivity index (χ0) is 21.4. The number of halogens is 2. The number of benzene rings is 2. The van der Waals surface area contributed by atoms with Gasteiger partial charge in [0, 0.05) is 29.4 Å². The maximum atomic E-state index is 14.4. The molecule has 0 spiro atoms. The lowest BCUT2D eigenvalue weighted by molar-refractivity contribution is -0.130. The molecule has 7 heteroatoms. The molecule has 0 bridgehead atoms. The van der Waals surface area contributed by atoms with E-state index in [2.05, 4.69) is 15.3 Å². The number of carbonyl (C=O) groups is 1. The lowest BCUT2D eigenvalue weighted by Gasteiger charge is -2.41. The van der Waals surface area contributed by atoms with Gasteiger partial charge in [0.05, 0.1) is 17.5 Å². The molecule has 2 aromatic carbocycles. The van der Waals surface area contributed by atoms with Crippen molar-refractivity contribution in [2.24, 2.45) is 0 Å². The SMILES string of the molecule is O=C(NC[C@H]1Cc2c(F)ccc(-c3ncccn3)c2O1)C1(c2ccc(Cl)cc2)CCC1. The van der Waals surface area contributed by atoms with Crippen molar-refractivity contribution in [3.63, 3.8) is 0 Å².